The maximum Gasteiger partial charge on any atom is 0.364 e. The van der Waals surface area contributed by atoms with Gasteiger partial charge in [-0.3, -0.25) is 0 Å². The van der Waals surface area contributed by atoms with E-state index in [9.17, 15) is 9.36 Å². The van der Waals surface area contributed by atoms with Crippen LogP contribution in [-0.2, 0) is 9.30 Å². The minimum atomic E-state index is -2.69. The highest BCUT2D eigenvalue weighted by Gasteiger charge is 2.30. The highest BCUT2D eigenvalue weighted by atomic mass is 31.2. The van der Waals surface area contributed by atoms with Gasteiger partial charge in [0.1, 0.15) is 0 Å². The molecule has 0 saturated carbocycles. The first kappa shape index (κ1) is 12.7. The van der Waals surface area contributed by atoms with Crippen LogP contribution in [0.15, 0.2) is 0 Å². The summed E-state index contributed by atoms with van der Waals surface area (Å²) in [7, 11) is -2.69. The predicted octanol–water partition coefficient (Wildman–Crippen LogP) is 3.33. The zero-order chi connectivity index (χ0) is 10.3. The van der Waals surface area contributed by atoms with Crippen molar-refractivity contribution in [1.29, 1.82) is 0 Å². The van der Waals surface area contributed by atoms with Gasteiger partial charge in [-0.25, -0.2) is 4.79 Å². The Morgan fingerprint density at radius 3 is 1.92 bits per heavy atom. The van der Waals surface area contributed by atoms with Gasteiger partial charge in [0.05, 0.1) is 6.61 Å². The minimum Gasteiger partial charge on any atom is -0.461 e. The second kappa shape index (κ2) is 6.20. The summed E-state index contributed by atoms with van der Waals surface area (Å²) in [5.74, 6) is 0. The summed E-state index contributed by atoms with van der Waals surface area (Å²) in [4.78, 5) is 11.4. The van der Waals surface area contributed by atoms with E-state index >= 15 is 0 Å². The molecule has 0 unspecified atom stereocenters. The highest BCUT2D eigenvalue weighted by molar-refractivity contribution is 7.79. The molecule has 0 rings (SSSR count). The van der Waals surface area contributed by atoms with Gasteiger partial charge < -0.3 is 9.30 Å². The van der Waals surface area contributed by atoms with E-state index in [4.69, 9.17) is 4.74 Å². The van der Waals surface area contributed by atoms with Crippen molar-refractivity contribution in [3.05, 3.63) is 0 Å². The van der Waals surface area contributed by atoms with E-state index in [0.717, 1.165) is 12.8 Å². The second-order valence-corrected chi connectivity index (χ2v) is 6.07. The first-order valence-corrected chi connectivity index (χ1v) is 6.93. The van der Waals surface area contributed by atoms with E-state index in [1.807, 2.05) is 13.8 Å². The van der Waals surface area contributed by atoms with Crippen LogP contribution in [0.1, 0.15) is 33.6 Å². The molecule has 0 heterocycles. The monoisotopic (exact) mass is 206 g/mol. The standard InChI is InChI=1S/C9H19O3P/c1-4-7-13(11,8-5-2)9(10)12-6-3/h4-8H2,1-3H3. The molecule has 0 aliphatic heterocycles. The predicted molar refractivity (Wildman–Crippen MR) is 54.9 cm³/mol. The third-order valence-corrected chi connectivity index (χ3v) is 4.90. The van der Waals surface area contributed by atoms with Crippen molar-refractivity contribution in [1.82, 2.24) is 0 Å². The van der Waals surface area contributed by atoms with Crippen LogP contribution < -0.4 is 0 Å². The molecule has 0 aromatic heterocycles. The smallest absolute Gasteiger partial charge is 0.364 e. The number of hydrogen-bond donors (Lipinski definition) is 0. The van der Waals surface area contributed by atoms with Gasteiger partial charge in [0.25, 0.3) is 0 Å². The van der Waals surface area contributed by atoms with Crippen molar-refractivity contribution in [2.45, 2.75) is 33.6 Å². The summed E-state index contributed by atoms with van der Waals surface area (Å²) in [6.07, 6.45) is 2.52. The normalized spacial score (nSPS) is 11.3. The molecule has 13 heavy (non-hydrogen) atoms. The Bertz CT molecular complexity index is 191. The van der Waals surface area contributed by atoms with Gasteiger partial charge in [0.2, 0.25) is 0 Å². The molecule has 0 saturated heterocycles. The fourth-order valence-corrected chi connectivity index (χ4v) is 3.66. The van der Waals surface area contributed by atoms with Crippen LogP contribution in [0, 0.1) is 0 Å². The van der Waals surface area contributed by atoms with Crippen LogP contribution >= 0.6 is 7.14 Å². The molecule has 0 amide bonds. The summed E-state index contributed by atoms with van der Waals surface area (Å²) in [6.45, 7) is 5.92. The van der Waals surface area contributed by atoms with E-state index in [2.05, 4.69) is 0 Å². The van der Waals surface area contributed by atoms with Gasteiger partial charge in [0, 0.05) is 12.3 Å². The van der Waals surface area contributed by atoms with Crippen molar-refractivity contribution in [2.24, 2.45) is 0 Å². The van der Waals surface area contributed by atoms with Crippen LogP contribution in [0.3, 0.4) is 0 Å². The Balaban J connectivity index is 4.38. The second-order valence-electron chi connectivity index (χ2n) is 3.04. The third-order valence-electron chi connectivity index (χ3n) is 1.77. The summed E-state index contributed by atoms with van der Waals surface area (Å²) in [5, 5.41) is 0. The first-order chi connectivity index (χ1) is 6.10. The summed E-state index contributed by atoms with van der Waals surface area (Å²) >= 11 is 0. The largest absolute Gasteiger partial charge is 0.461 e. The minimum absolute atomic E-state index is 0.316. The fraction of sp³-hybridized carbons (Fsp3) is 0.889. The van der Waals surface area contributed by atoms with Crippen LogP contribution in [0.4, 0.5) is 4.79 Å². The van der Waals surface area contributed by atoms with Gasteiger partial charge in [-0.05, 0) is 19.8 Å². The SMILES string of the molecule is CCCP(=O)(CCC)C(=O)OCC. The molecule has 0 aromatic carbocycles. The van der Waals surface area contributed by atoms with Crippen molar-refractivity contribution in [2.75, 3.05) is 18.9 Å². The lowest BCUT2D eigenvalue weighted by Gasteiger charge is -2.14. The number of ether oxygens (including phenoxy) is 1. The van der Waals surface area contributed by atoms with E-state index < -0.39 is 12.9 Å². The molecule has 0 aliphatic carbocycles. The highest BCUT2D eigenvalue weighted by Crippen LogP contribution is 2.48. The quantitative estimate of drug-likeness (QED) is 0.626. The molecule has 4 heteroatoms. The average molecular weight is 206 g/mol. The molecular formula is C9H19O3P. The van der Waals surface area contributed by atoms with Crippen molar-refractivity contribution < 1.29 is 14.1 Å². The zero-order valence-corrected chi connectivity index (χ0v) is 9.60. The molecule has 0 N–H and O–H groups in total. The van der Waals surface area contributed by atoms with Crippen LogP contribution in [0.5, 0.6) is 0 Å². The Kier molecular flexibility index (Phi) is 6.06. The maximum absolute atomic E-state index is 12.0. The topological polar surface area (TPSA) is 43.4 Å². The van der Waals surface area contributed by atoms with Crippen LogP contribution in [-0.4, -0.2) is 24.6 Å². The molecule has 78 valence electrons. The Hall–Kier alpha value is -0.300. The molecule has 0 aliphatic rings. The molecule has 0 aromatic rings. The average Bonchev–Trinajstić information content (AvgIpc) is 2.05. The first-order valence-electron chi connectivity index (χ1n) is 4.86. The number of hydrogen-bond acceptors (Lipinski definition) is 3. The van der Waals surface area contributed by atoms with Gasteiger partial charge >= 0.3 is 5.71 Å². The Labute approximate surface area is 80.2 Å². The maximum atomic E-state index is 12.0. The molecule has 0 radical (unpaired) electrons. The summed E-state index contributed by atoms with van der Waals surface area (Å²) < 4.78 is 16.8. The van der Waals surface area contributed by atoms with Crippen LogP contribution in [0.25, 0.3) is 0 Å². The molecule has 0 atom stereocenters. The van der Waals surface area contributed by atoms with Crippen molar-refractivity contribution >= 4 is 12.9 Å². The van der Waals surface area contributed by atoms with E-state index in [1.54, 1.807) is 6.92 Å². The fourth-order valence-electron chi connectivity index (χ4n) is 1.26. The lowest BCUT2D eigenvalue weighted by Crippen LogP contribution is -2.08. The lowest BCUT2D eigenvalue weighted by atomic mass is 10.6. The van der Waals surface area contributed by atoms with Gasteiger partial charge in [-0.2, -0.15) is 0 Å². The van der Waals surface area contributed by atoms with Crippen LogP contribution in [0.2, 0.25) is 0 Å². The zero-order valence-electron chi connectivity index (χ0n) is 8.71. The van der Waals surface area contributed by atoms with Crippen molar-refractivity contribution in [3.63, 3.8) is 0 Å². The number of carbonyl (C=O) groups excluding carboxylic acids is 1. The third kappa shape index (κ3) is 3.95. The van der Waals surface area contributed by atoms with E-state index in [1.165, 1.54) is 0 Å². The summed E-state index contributed by atoms with van der Waals surface area (Å²) in [6, 6.07) is 0. The van der Waals surface area contributed by atoms with Gasteiger partial charge in [0.15, 0.2) is 7.14 Å². The number of carbonyl (C=O) groups is 1. The van der Waals surface area contributed by atoms with Crippen molar-refractivity contribution in [3.8, 4) is 0 Å². The molecule has 0 fully saturated rings. The van der Waals surface area contributed by atoms with Gasteiger partial charge in [-0.15, -0.1) is 0 Å². The summed E-state index contributed by atoms with van der Waals surface area (Å²) in [5.41, 5.74) is -0.473. The number of rotatable bonds is 6. The molecule has 0 spiro atoms. The molecule has 0 bridgehead atoms. The lowest BCUT2D eigenvalue weighted by molar-refractivity contribution is 0.178. The van der Waals surface area contributed by atoms with E-state index in [-0.39, 0.29) is 0 Å². The molecular weight excluding hydrogens is 187 g/mol. The molecule has 3 nitrogen and oxygen atoms in total. The van der Waals surface area contributed by atoms with Gasteiger partial charge in [-0.1, -0.05) is 13.8 Å². The Morgan fingerprint density at radius 2 is 1.62 bits per heavy atom. The Morgan fingerprint density at radius 1 is 1.15 bits per heavy atom. The van der Waals surface area contributed by atoms with E-state index in [0.29, 0.717) is 18.9 Å².